The van der Waals surface area contributed by atoms with Gasteiger partial charge in [-0.15, -0.1) is 0 Å². The van der Waals surface area contributed by atoms with Crippen LogP contribution in [0.2, 0.25) is 0 Å². The van der Waals surface area contributed by atoms with Gasteiger partial charge in [0.15, 0.2) is 5.84 Å². The van der Waals surface area contributed by atoms with Crippen molar-refractivity contribution in [3.8, 4) is 55.6 Å². The minimum Gasteiger partial charge on any atom is -0.363 e. The van der Waals surface area contributed by atoms with Crippen LogP contribution in [0.25, 0.3) is 77.2 Å². The Morgan fingerprint density at radius 1 is 0.397 bits per heavy atom. The van der Waals surface area contributed by atoms with Gasteiger partial charge in [-0.05, 0) is 120 Å². The number of fused-ring (bicyclic) bond motifs is 4. The molecule has 5 heteroatoms. The summed E-state index contributed by atoms with van der Waals surface area (Å²) < 4.78 is 0. The SMILES string of the molecule is CCC1Nc2cc(-c3ccccc3-c3ccccc3)ccc2N1c1ccc(-c2ccccc2-c2cccc(-c3ccccc3C3N=C(c4ccccc4)N=C(c4cc5ccccc5c5ccccc45)N3)c2)cc1. The fourth-order valence-electron chi connectivity index (χ4n) is 11.0. The highest BCUT2D eigenvalue weighted by molar-refractivity contribution is 6.22. The molecule has 2 heterocycles. The lowest BCUT2D eigenvalue weighted by Gasteiger charge is -2.26. The Bertz CT molecular complexity index is 3910. The van der Waals surface area contributed by atoms with Crippen molar-refractivity contribution >= 4 is 50.3 Å². The molecule has 2 aliphatic heterocycles. The molecule has 11 aromatic rings. The van der Waals surface area contributed by atoms with Crippen molar-refractivity contribution in [2.75, 3.05) is 10.2 Å². The molecular weight excluding hydrogens is 887 g/mol. The van der Waals surface area contributed by atoms with Crippen molar-refractivity contribution in [2.24, 2.45) is 9.98 Å². The van der Waals surface area contributed by atoms with Gasteiger partial charge in [0.05, 0.1) is 11.4 Å². The summed E-state index contributed by atoms with van der Waals surface area (Å²) in [6, 6.07) is 91.5. The van der Waals surface area contributed by atoms with Crippen molar-refractivity contribution < 1.29 is 0 Å². The molecule has 0 aliphatic carbocycles. The van der Waals surface area contributed by atoms with E-state index >= 15 is 0 Å². The van der Waals surface area contributed by atoms with Gasteiger partial charge in [0.2, 0.25) is 0 Å². The maximum atomic E-state index is 5.36. The Kier molecular flexibility index (Phi) is 11.2. The van der Waals surface area contributed by atoms with Crippen molar-refractivity contribution in [1.29, 1.82) is 0 Å². The first-order valence-electron chi connectivity index (χ1n) is 25.3. The molecule has 0 saturated carbocycles. The van der Waals surface area contributed by atoms with E-state index in [-0.39, 0.29) is 6.17 Å². The van der Waals surface area contributed by atoms with Crippen LogP contribution in [0.4, 0.5) is 17.1 Å². The second kappa shape index (κ2) is 18.8. The van der Waals surface area contributed by atoms with Gasteiger partial charge >= 0.3 is 0 Å². The zero-order chi connectivity index (χ0) is 48.7. The van der Waals surface area contributed by atoms with Crippen LogP contribution in [-0.4, -0.2) is 17.8 Å². The predicted octanol–water partition coefficient (Wildman–Crippen LogP) is 17.1. The number of rotatable bonds is 10. The molecule has 2 N–H and O–H groups in total. The van der Waals surface area contributed by atoms with Crippen LogP contribution >= 0.6 is 0 Å². The van der Waals surface area contributed by atoms with E-state index in [2.05, 4.69) is 271 Å². The van der Waals surface area contributed by atoms with E-state index in [1.54, 1.807) is 0 Å². The van der Waals surface area contributed by atoms with Gasteiger partial charge in [-0.25, -0.2) is 9.98 Å². The summed E-state index contributed by atoms with van der Waals surface area (Å²) in [7, 11) is 0. The summed E-state index contributed by atoms with van der Waals surface area (Å²) in [4.78, 5) is 13.1. The molecule has 2 aliphatic rings. The molecule has 73 heavy (non-hydrogen) atoms. The number of anilines is 3. The molecule has 348 valence electrons. The van der Waals surface area contributed by atoms with Gasteiger partial charge in [0.1, 0.15) is 18.2 Å². The third kappa shape index (κ3) is 8.11. The van der Waals surface area contributed by atoms with Crippen LogP contribution in [0.15, 0.2) is 265 Å². The molecule has 0 saturated heterocycles. The van der Waals surface area contributed by atoms with Gasteiger partial charge in [-0.2, -0.15) is 0 Å². The Balaban J connectivity index is 0.821. The summed E-state index contributed by atoms with van der Waals surface area (Å²) in [5.41, 5.74) is 18.4. The van der Waals surface area contributed by atoms with E-state index < -0.39 is 6.17 Å². The number of aliphatic imine (C=N–C) groups is 2. The highest BCUT2D eigenvalue weighted by Gasteiger charge is 2.30. The average Bonchev–Trinajstić information content (AvgIpc) is 3.85. The topological polar surface area (TPSA) is 52.0 Å². The third-order valence-electron chi connectivity index (χ3n) is 14.5. The minimum atomic E-state index is -0.401. The van der Waals surface area contributed by atoms with E-state index in [0.29, 0.717) is 5.84 Å². The summed E-state index contributed by atoms with van der Waals surface area (Å²) in [5.74, 6) is 1.50. The molecule has 0 spiro atoms. The number of hydrogen-bond acceptors (Lipinski definition) is 5. The van der Waals surface area contributed by atoms with Gasteiger partial charge in [-0.1, -0.05) is 225 Å². The number of benzene rings is 11. The fourth-order valence-corrected chi connectivity index (χ4v) is 11.0. The normalized spacial score (nSPS) is 15.1. The summed E-state index contributed by atoms with van der Waals surface area (Å²) in [5, 5.41) is 12.4. The molecule has 5 nitrogen and oxygen atoms in total. The number of nitrogens with one attached hydrogen (secondary N) is 2. The Morgan fingerprint density at radius 3 is 1.62 bits per heavy atom. The number of amidine groups is 2. The van der Waals surface area contributed by atoms with E-state index in [0.717, 1.165) is 62.4 Å². The smallest absolute Gasteiger partial charge is 0.159 e. The Morgan fingerprint density at radius 2 is 0.918 bits per heavy atom. The first-order chi connectivity index (χ1) is 36.1. The van der Waals surface area contributed by atoms with Gasteiger partial charge in [-0.3, -0.25) is 0 Å². The molecule has 2 unspecified atom stereocenters. The van der Waals surface area contributed by atoms with Crippen LogP contribution in [0.3, 0.4) is 0 Å². The quantitative estimate of drug-likeness (QED) is 0.134. The summed E-state index contributed by atoms with van der Waals surface area (Å²) >= 11 is 0. The molecular formula is C68H51N5. The third-order valence-corrected chi connectivity index (χ3v) is 14.5. The molecule has 0 fully saturated rings. The molecule has 0 bridgehead atoms. The first-order valence-corrected chi connectivity index (χ1v) is 25.3. The maximum absolute atomic E-state index is 5.36. The van der Waals surface area contributed by atoms with E-state index in [9.17, 15) is 0 Å². The van der Waals surface area contributed by atoms with Crippen molar-refractivity contribution in [1.82, 2.24) is 5.32 Å². The Labute approximate surface area is 426 Å². The van der Waals surface area contributed by atoms with Crippen LogP contribution in [0.5, 0.6) is 0 Å². The van der Waals surface area contributed by atoms with Crippen LogP contribution < -0.4 is 15.5 Å². The van der Waals surface area contributed by atoms with E-state index in [1.807, 2.05) is 6.07 Å². The molecule has 11 aromatic carbocycles. The molecule has 13 rings (SSSR count). The zero-order valence-corrected chi connectivity index (χ0v) is 40.5. The lowest BCUT2D eigenvalue weighted by Crippen LogP contribution is -2.34. The van der Waals surface area contributed by atoms with Crippen molar-refractivity contribution in [3.05, 3.63) is 271 Å². The molecule has 0 radical (unpaired) electrons. The second-order valence-corrected chi connectivity index (χ2v) is 18.9. The number of nitrogens with zero attached hydrogens (tertiary/aromatic N) is 3. The van der Waals surface area contributed by atoms with E-state index in [4.69, 9.17) is 9.98 Å². The standard InChI is InChI=1S/C68H51N5/c1-2-65-69-63-44-51(56-30-14-11-27-53(56)45-20-5-3-6-21-45)38-41-64(63)73(65)52-39-36-46(37-40-52)54-28-12-13-29-55(54)48-25-19-26-49(42-48)58-32-15-18-35-61(58)67-70-66(47-22-7-4-8-23-47)71-68(72-67)62-43-50-24-9-10-31-57(50)59-33-16-17-34-60(59)62/h3-44,65,67,69H,2H2,1H3,(H,70,71,72). The monoisotopic (exact) mass is 937 g/mol. The van der Waals surface area contributed by atoms with Crippen LogP contribution in [-0.2, 0) is 0 Å². The van der Waals surface area contributed by atoms with Gasteiger partial charge < -0.3 is 15.5 Å². The highest BCUT2D eigenvalue weighted by Crippen LogP contribution is 2.45. The molecule has 2 atom stereocenters. The fraction of sp³-hybridized carbons (Fsp3) is 0.0588. The van der Waals surface area contributed by atoms with Gasteiger partial charge in [0.25, 0.3) is 0 Å². The first kappa shape index (κ1) is 43.7. The molecule has 0 amide bonds. The minimum absolute atomic E-state index is 0.134. The largest absolute Gasteiger partial charge is 0.363 e. The van der Waals surface area contributed by atoms with Crippen molar-refractivity contribution in [3.63, 3.8) is 0 Å². The average molecular weight is 938 g/mol. The lowest BCUT2D eigenvalue weighted by atomic mass is 9.91. The molecule has 0 aromatic heterocycles. The van der Waals surface area contributed by atoms with Gasteiger partial charge in [0, 0.05) is 22.4 Å². The lowest BCUT2D eigenvalue weighted by molar-refractivity contribution is 0.676. The van der Waals surface area contributed by atoms with Crippen LogP contribution in [0, 0.1) is 0 Å². The zero-order valence-electron chi connectivity index (χ0n) is 40.5. The Hall–Kier alpha value is -9.32. The maximum Gasteiger partial charge on any atom is 0.159 e. The van der Waals surface area contributed by atoms with Crippen LogP contribution in [0.1, 0.15) is 36.2 Å². The second-order valence-electron chi connectivity index (χ2n) is 18.9. The van der Waals surface area contributed by atoms with E-state index in [1.165, 1.54) is 60.8 Å². The summed E-state index contributed by atoms with van der Waals surface area (Å²) in [6.45, 7) is 2.25. The van der Waals surface area contributed by atoms with Crippen molar-refractivity contribution in [2.45, 2.75) is 25.7 Å². The number of hydrogen-bond donors (Lipinski definition) is 2. The highest BCUT2D eigenvalue weighted by atomic mass is 15.3. The summed E-state index contributed by atoms with van der Waals surface area (Å²) in [6.07, 6.45) is 0.680. The predicted molar refractivity (Wildman–Crippen MR) is 307 cm³/mol.